The number of unbranched alkanes of at least 4 members (excludes halogenated alkanes) is 8. The van der Waals surface area contributed by atoms with Crippen LogP contribution < -0.4 is 5.32 Å². The number of nitrogens with one attached hydrogen (secondary N) is 1. The lowest BCUT2D eigenvalue weighted by Gasteiger charge is -2.40. The molecule has 1 heterocycles. The van der Waals surface area contributed by atoms with Crippen LogP contribution >= 0.6 is 0 Å². The fourth-order valence-electron chi connectivity index (χ4n) is 5.09. The van der Waals surface area contributed by atoms with E-state index in [-0.39, 0.29) is 30.9 Å². The number of carbonyl (C=O) groups excluding carboxylic acids is 4. The summed E-state index contributed by atoms with van der Waals surface area (Å²) in [4.78, 5) is 63.3. The summed E-state index contributed by atoms with van der Waals surface area (Å²) in [5, 5.41) is 11.4. The molecule has 0 unspecified atom stereocenters. The summed E-state index contributed by atoms with van der Waals surface area (Å²) in [7, 11) is 0. The van der Waals surface area contributed by atoms with E-state index in [4.69, 9.17) is 5.11 Å². The molecule has 1 fully saturated rings. The summed E-state index contributed by atoms with van der Waals surface area (Å²) in [6, 6.07) is -1.57. The summed E-state index contributed by atoms with van der Waals surface area (Å²) in [5.41, 5.74) is -5.68. The van der Waals surface area contributed by atoms with Gasteiger partial charge in [-0.2, -0.15) is 26.3 Å². The highest BCUT2D eigenvalue weighted by molar-refractivity contribution is 5.97. The number of aliphatic carboxylic acids is 1. The van der Waals surface area contributed by atoms with Gasteiger partial charge in [0.05, 0.1) is 22.7 Å². The Morgan fingerprint density at radius 1 is 0.891 bits per heavy atom. The molecule has 15 heteroatoms. The van der Waals surface area contributed by atoms with Gasteiger partial charge in [-0.05, 0) is 31.4 Å². The van der Waals surface area contributed by atoms with Crippen LogP contribution in [0.2, 0.25) is 0 Å². The number of hydrogen-bond donors (Lipinski definition) is 2. The lowest BCUT2D eigenvalue weighted by molar-refractivity contribution is -0.148. The van der Waals surface area contributed by atoms with Crippen LogP contribution in [0, 0.1) is 0 Å². The first-order valence-corrected chi connectivity index (χ1v) is 15.4. The predicted octanol–water partition coefficient (Wildman–Crippen LogP) is 6.32. The first-order valence-electron chi connectivity index (χ1n) is 15.4. The first kappa shape index (κ1) is 38.5. The van der Waals surface area contributed by atoms with E-state index < -0.39 is 84.2 Å². The minimum Gasteiger partial charge on any atom is -0.481 e. The van der Waals surface area contributed by atoms with Gasteiger partial charge in [-0.25, -0.2) is 4.79 Å². The molecule has 2 N–H and O–H groups in total. The number of nitrogens with zero attached hydrogens (tertiary/aromatic N) is 1. The van der Waals surface area contributed by atoms with Crippen LogP contribution in [0.15, 0.2) is 18.2 Å². The normalized spacial score (nSPS) is 15.5. The topological polar surface area (TPSA) is 130 Å². The van der Waals surface area contributed by atoms with Crippen LogP contribution in [0.5, 0.6) is 0 Å². The van der Waals surface area contributed by atoms with E-state index in [1.807, 2.05) is 0 Å². The van der Waals surface area contributed by atoms with Gasteiger partial charge in [0.2, 0.25) is 11.8 Å². The smallest absolute Gasteiger partial charge is 0.417 e. The molecule has 0 aliphatic carbocycles. The average molecular weight is 667 g/mol. The SMILES string of the molecule is CCCCCCCCCCCC(=O)N1CC[C@H]1C(=O)N[C@@H](CCC(=O)O)C(=O)COC(=O)c1c(C(F)(F)F)cccc1C(F)(F)F. The predicted molar refractivity (Wildman–Crippen MR) is 152 cm³/mol. The maximum absolute atomic E-state index is 13.4. The molecule has 258 valence electrons. The van der Waals surface area contributed by atoms with Crippen LogP contribution in [-0.4, -0.2) is 64.8 Å². The van der Waals surface area contributed by atoms with Crippen molar-refractivity contribution in [2.75, 3.05) is 13.2 Å². The quantitative estimate of drug-likeness (QED) is 0.100. The molecule has 1 aromatic carbocycles. The van der Waals surface area contributed by atoms with E-state index in [9.17, 15) is 50.3 Å². The monoisotopic (exact) mass is 666 g/mol. The van der Waals surface area contributed by atoms with Crippen LogP contribution in [0.1, 0.15) is 112 Å². The van der Waals surface area contributed by atoms with Gasteiger partial charge in [0.25, 0.3) is 0 Å². The third-order valence-electron chi connectivity index (χ3n) is 7.71. The number of esters is 1. The van der Waals surface area contributed by atoms with Crippen molar-refractivity contribution >= 4 is 29.5 Å². The first-order chi connectivity index (χ1) is 21.6. The van der Waals surface area contributed by atoms with E-state index in [0.717, 1.165) is 25.7 Å². The number of ether oxygens (including phenoxy) is 1. The van der Waals surface area contributed by atoms with Crippen LogP contribution in [0.3, 0.4) is 0 Å². The second-order valence-electron chi connectivity index (χ2n) is 11.2. The van der Waals surface area contributed by atoms with Crippen molar-refractivity contribution in [2.45, 2.75) is 115 Å². The van der Waals surface area contributed by atoms with Gasteiger partial charge in [-0.1, -0.05) is 64.4 Å². The molecule has 2 rings (SSSR count). The summed E-state index contributed by atoms with van der Waals surface area (Å²) in [5.74, 6) is -5.65. The van der Waals surface area contributed by atoms with Gasteiger partial charge in [0.15, 0.2) is 12.4 Å². The van der Waals surface area contributed by atoms with Crippen LogP contribution in [0.4, 0.5) is 26.3 Å². The number of carboxylic acids is 1. The summed E-state index contributed by atoms with van der Waals surface area (Å²) < 4.78 is 85.1. The Hall–Kier alpha value is -3.65. The summed E-state index contributed by atoms with van der Waals surface area (Å²) >= 11 is 0. The zero-order valence-corrected chi connectivity index (χ0v) is 25.6. The molecular weight excluding hydrogens is 626 g/mol. The lowest BCUT2D eigenvalue weighted by atomic mass is 9.98. The lowest BCUT2D eigenvalue weighted by Crippen LogP contribution is -2.60. The highest BCUT2D eigenvalue weighted by Gasteiger charge is 2.44. The van der Waals surface area contributed by atoms with Crippen molar-refractivity contribution in [1.82, 2.24) is 10.2 Å². The van der Waals surface area contributed by atoms with Gasteiger partial charge in [0, 0.05) is 19.4 Å². The second-order valence-corrected chi connectivity index (χ2v) is 11.2. The molecule has 9 nitrogen and oxygen atoms in total. The number of carboxylic acid groups (broad SMARTS) is 1. The molecule has 2 amide bonds. The summed E-state index contributed by atoms with van der Waals surface area (Å²) in [6.45, 7) is 1.09. The van der Waals surface area contributed by atoms with Crippen molar-refractivity contribution < 1.29 is 60.2 Å². The van der Waals surface area contributed by atoms with Gasteiger partial charge >= 0.3 is 24.3 Å². The van der Waals surface area contributed by atoms with E-state index in [2.05, 4.69) is 17.0 Å². The molecule has 0 aromatic heterocycles. The van der Waals surface area contributed by atoms with Gasteiger partial charge in [0.1, 0.15) is 6.04 Å². The van der Waals surface area contributed by atoms with Crippen molar-refractivity contribution in [3.63, 3.8) is 0 Å². The fourth-order valence-corrected chi connectivity index (χ4v) is 5.09. The van der Waals surface area contributed by atoms with Crippen molar-refractivity contribution in [3.05, 3.63) is 34.9 Å². The molecule has 1 saturated heterocycles. The largest absolute Gasteiger partial charge is 0.481 e. The number of alkyl halides is 6. The molecule has 0 bridgehead atoms. The number of halogens is 6. The molecule has 1 aliphatic heterocycles. The molecule has 0 radical (unpaired) electrons. The Labute approximate surface area is 263 Å². The highest BCUT2D eigenvalue weighted by Crippen LogP contribution is 2.39. The molecule has 1 aliphatic rings. The number of hydrogen-bond acceptors (Lipinski definition) is 6. The molecular formula is C31H40F6N2O7. The van der Waals surface area contributed by atoms with E-state index >= 15 is 0 Å². The van der Waals surface area contributed by atoms with Gasteiger partial charge < -0.3 is 20.1 Å². The van der Waals surface area contributed by atoms with Gasteiger partial charge in [-0.15, -0.1) is 0 Å². The van der Waals surface area contributed by atoms with Crippen LogP contribution in [0.25, 0.3) is 0 Å². The third-order valence-corrected chi connectivity index (χ3v) is 7.71. The highest BCUT2D eigenvalue weighted by atomic mass is 19.4. The molecule has 0 spiro atoms. The number of amides is 2. The molecule has 2 atom stereocenters. The Bertz CT molecular complexity index is 1190. The van der Waals surface area contributed by atoms with E-state index in [0.29, 0.717) is 19.0 Å². The Morgan fingerprint density at radius 2 is 1.43 bits per heavy atom. The maximum atomic E-state index is 13.4. The number of ketones is 1. The Balaban J connectivity index is 1.99. The Morgan fingerprint density at radius 3 is 1.91 bits per heavy atom. The fraction of sp³-hybridized carbons (Fsp3) is 0.645. The molecule has 0 saturated carbocycles. The average Bonchev–Trinajstić information content (AvgIpc) is 2.94. The van der Waals surface area contributed by atoms with Crippen LogP contribution in [-0.2, 0) is 36.3 Å². The summed E-state index contributed by atoms with van der Waals surface area (Å²) in [6.07, 6.45) is -1.94. The number of carbonyl (C=O) groups is 5. The van der Waals surface area contributed by atoms with Gasteiger partial charge in [-0.3, -0.25) is 19.2 Å². The maximum Gasteiger partial charge on any atom is 0.417 e. The zero-order chi connectivity index (χ0) is 34.5. The Kier molecular flexibility index (Phi) is 15.0. The third kappa shape index (κ3) is 11.9. The number of Topliss-reactive ketones (excluding diaryl/α,β-unsaturated/α-hetero) is 1. The van der Waals surface area contributed by atoms with Crippen molar-refractivity contribution in [3.8, 4) is 0 Å². The zero-order valence-electron chi connectivity index (χ0n) is 25.6. The molecule has 46 heavy (non-hydrogen) atoms. The van der Waals surface area contributed by atoms with Crippen molar-refractivity contribution in [2.24, 2.45) is 0 Å². The number of rotatable bonds is 19. The minimum atomic E-state index is -5.36. The second kappa shape index (κ2) is 17.9. The number of likely N-dealkylation sites (tertiary alicyclic amines) is 1. The van der Waals surface area contributed by atoms with E-state index in [1.54, 1.807) is 0 Å². The van der Waals surface area contributed by atoms with E-state index in [1.165, 1.54) is 30.6 Å². The molecule has 1 aromatic rings. The van der Waals surface area contributed by atoms with Crippen molar-refractivity contribution in [1.29, 1.82) is 0 Å². The standard InChI is InChI=1S/C31H40F6N2O7/c1-2-3-4-5-6-7-8-9-10-14-25(41)39-18-17-23(39)28(44)38-22(15-16-26(42)43)24(40)19-46-29(45)27-20(30(32,33)34)12-11-13-21(27)31(35,36)37/h11-13,22-23H,2-10,14-19H2,1H3,(H,38,44)(H,42,43)/t22-,23-/m0/s1. The number of benzene rings is 1. The minimum absolute atomic E-state index is 0.219.